The Morgan fingerprint density at radius 2 is 2.15 bits per heavy atom. The molecule has 0 aliphatic rings. The lowest BCUT2D eigenvalue weighted by atomic mass is 10.2. The summed E-state index contributed by atoms with van der Waals surface area (Å²) in [6, 6.07) is 4.03. The number of nitrogens with zero attached hydrogens (tertiary/aromatic N) is 3. The quantitative estimate of drug-likeness (QED) is 0.878. The molecule has 2 aromatic rings. The number of ether oxygens (including phenoxy) is 1. The van der Waals surface area contributed by atoms with E-state index in [4.69, 9.17) is 4.74 Å². The van der Waals surface area contributed by atoms with Gasteiger partial charge in [0.2, 0.25) is 5.88 Å². The van der Waals surface area contributed by atoms with Crippen LogP contribution in [-0.2, 0) is 6.54 Å². The Labute approximate surface area is 120 Å². The van der Waals surface area contributed by atoms with Crippen molar-refractivity contribution in [2.24, 2.45) is 0 Å². The number of aryl methyl sites for hydroxylation is 1. The highest BCUT2D eigenvalue weighted by Gasteiger charge is 2.12. The van der Waals surface area contributed by atoms with E-state index >= 15 is 0 Å². The minimum Gasteiger partial charge on any atom is -0.473 e. The van der Waals surface area contributed by atoms with Crippen molar-refractivity contribution in [1.82, 2.24) is 14.8 Å². The highest BCUT2D eigenvalue weighted by molar-refractivity contribution is 5.53. The second-order valence-corrected chi connectivity index (χ2v) is 5.02. The Morgan fingerprint density at radius 1 is 1.35 bits per heavy atom. The summed E-state index contributed by atoms with van der Waals surface area (Å²) in [6.07, 6.45) is 5.78. The van der Waals surface area contributed by atoms with Crippen molar-refractivity contribution < 1.29 is 4.74 Å². The average molecular weight is 274 g/mol. The van der Waals surface area contributed by atoms with Crippen LogP contribution in [0.15, 0.2) is 30.7 Å². The monoisotopic (exact) mass is 274 g/mol. The van der Waals surface area contributed by atoms with Crippen LogP contribution in [0.5, 0.6) is 5.88 Å². The molecule has 1 atom stereocenters. The van der Waals surface area contributed by atoms with Gasteiger partial charge in [-0.2, -0.15) is 5.10 Å². The Kier molecular flexibility index (Phi) is 4.61. The fourth-order valence-electron chi connectivity index (χ4n) is 1.91. The zero-order chi connectivity index (χ0) is 14.5. The van der Waals surface area contributed by atoms with Crippen LogP contribution in [0.3, 0.4) is 0 Å². The molecule has 2 aromatic heterocycles. The van der Waals surface area contributed by atoms with E-state index in [0.717, 1.165) is 17.8 Å². The predicted octanol–water partition coefficient (Wildman–Crippen LogP) is 3.26. The maximum Gasteiger partial charge on any atom is 0.237 e. The lowest BCUT2D eigenvalue weighted by Gasteiger charge is -2.17. The van der Waals surface area contributed by atoms with Crippen LogP contribution >= 0.6 is 0 Å². The van der Waals surface area contributed by atoms with Crippen molar-refractivity contribution in [3.63, 3.8) is 0 Å². The maximum absolute atomic E-state index is 5.71. The van der Waals surface area contributed by atoms with Gasteiger partial charge in [0.25, 0.3) is 0 Å². The summed E-state index contributed by atoms with van der Waals surface area (Å²) in [4.78, 5) is 4.28. The van der Waals surface area contributed by atoms with Gasteiger partial charge in [0.1, 0.15) is 0 Å². The van der Waals surface area contributed by atoms with E-state index in [0.29, 0.717) is 5.88 Å². The van der Waals surface area contributed by atoms with Crippen molar-refractivity contribution in [3.8, 4) is 5.88 Å². The molecule has 5 nitrogen and oxygen atoms in total. The van der Waals surface area contributed by atoms with Gasteiger partial charge in [0.15, 0.2) is 0 Å². The Morgan fingerprint density at radius 3 is 2.80 bits per heavy atom. The Hall–Kier alpha value is -2.04. The van der Waals surface area contributed by atoms with Crippen molar-refractivity contribution in [2.45, 2.75) is 46.4 Å². The van der Waals surface area contributed by atoms with E-state index in [1.807, 2.05) is 36.9 Å². The molecule has 0 radical (unpaired) electrons. The van der Waals surface area contributed by atoms with Crippen molar-refractivity contribution in [3.05, 3.63) is 36.3 Å². The molecule has 1 unspecified atom stereocenters. The molecule has 5 heteroatoms. The summed E-state index contributed by atoms with van der Waals surface area (Å²) in [5.41, 5.74) is 2.05. The number of anilines is 1. The first kappa shape index (κ1) is 14.4. The highest BCUT2D eigenvalue weighted by atomic mass is 16.5. The first-order valence-electron chi connectivity index (χ1n) is 7.00. The molecule has 0 bridgehead atoms. The summed E-state index contributed by atoms with van der Waals surface area (Å²) >= 11 is 0. The van der Waals surface area contributed by atoms with Crippen molar-refractivity contribution in [2.75, 3.05) is 5.32 Å². The first-order chi connectivity index (χ1) is 9.60. The maximum atomic E-state index is 5.71. The van der Waals surface area contributed by atoms with Crippen LogP contribution in [0.4, 0.5) is 5.69 Å². The number of rotatable bonds is 6. The van der Waals surface area contributed by atoms with Gasteiger partial charge in [-0.05, 0) is 39.8 Å². The van der Waals surface area contributed by atoms with E-state index in [1.54, 1.807) is 6.20 Å². The zero-order valence-corrected chi connectivity index (χ0v) is 12.5. The molecular formula is C15H22N4O. The molecule has 2 rings (SSSR count). The van der Waals surface area contributed by atoms with Gasteiger partial charge >= 0.3 is 0 Å². The lowest BCUT2D eigenvalue weighted by molar-refractivity contribution is 0.234. The Balaban J connectivity index is 2.12. The normalized spacial score (nSPS) is 12.4. The number of nitrogens with one attached hydrogen (secondary N) is 1. The van der Waals surface area contributed by atoms with Gasteiger partial charge in [-0.3, -0.25) is 4.68 Å². The third-order valence-electron chi connectivity index (χ3n) is 2.97. The molecule has 1 N–H and O–H groups in total. The number of aromatic nitrogens is 3. The van der Waals surface area contributed by atoms with Gasteiger partial charge in [0.05, 0.1) is 24.0 Å². The standard InChI is InChI=1S/C15H22N4O/c1-5-19-10-13(9-17-19)12(4)18-14-7-6-8-16-15(14)20-11(2)3/h6-12,18H,5H2,1-4H3. The first-order valence-corrected chi connectivity index (χ1v) is 7.00. The molecule has 0 aliphatic carbocycles. The summed E-state index contributed by atoms with van der Waals surface area (Å²) in [5, 5.41) is 7.73. The van der Waals surface area contributed by atoms with Crippen LogP contribution in [0.2, 0.25) is 0 Å². The molecule has 0 spiro atoms. The molecule has 0 saturated carbocycles. The number of hydrogen-bond acceptors (Lipinski definition) is 4. The molecule has 2 heterocycles. The second kappa shape index (κ2) is 6.41. The minimum atomic E-state index is 0.101. The van der Waals surface area contributed by atoms with Crippen LogP contribution in [-0.4, -0.2) is 20.9 Å². The molecule has 0 amide bonds. The predicted molar refractivity (Wildman–Crippen MR) is 79.9 cm³/mol. The van der Waals surface area contributed by atoms with E-state index < -0.39 is 0 Å². The van der Waals surface area contributed by atoms with Crippen molar-refractivity contribution in [1.29, 1.82) is 0 Å². The topological polar surface area (TPSA) is 52.0 Å². The fraction of sp³-hybridized carbons (Fsp3) is 0.467. The van der Waals surface area contributed by atoms with Gasteiger partial charge in [-0.15, -0.1) is 0 Å². The van der Waals surface area contributed by atoms with Crippen LogP contribution in [0.25, 0.3) is 0 Å². The molecule has 0 fully saturated rings. The highest BCUT2D eigenvalue weighted by Crippen LogP contribution is 2.26. The molecule has 0 aromatic carbocycles. The fourth-order valence-corrected chi connectivity index (χ4v) is 1.91. The van der Waals surface area contributed by atoms with Gasteiger partial charge in [-0.25, -0.2) is 4.98 Å². The SMILES string of the molecule is CCn1cc(C(C)Nc2cccnc2OC(C)C)cn1. The largest absolute Gasteiger partial charge is 0.473 e. The molecule has 0 aliphatic heterocycles. The van der Waals surface area contributed by atoms with E-state index in [9.17, 15) is 0 Å². The number of pyridine rings is 1. The average Bonchev–Trinajstić information content (AvgIpc) is 2.89. The van der Waals surface area contributed by atoms with Crippen LogP contribution in [0, 0.1) is 0 Å². The molecule has 0 saturated heterocycles. The van der Waals surface area contributed by atoms with Crippen molar-refractivity contribution >= 4 is 5.69 Å². The molecule has 108 valence electrons. The van der Waals surface area contributed by atoms with Gasteiger partial charge < -0.3 is 10.1 Å². The smallest absolute Gasteiger partial charge is 0.237 e. The summed E-state index contributed by atoms with van der Waals surface area (Å²) in [5.74, 6) is 0.636. The molecule has 20 heavy (non-hydrogen) atoms. The number of hydrogen-bond donors (Lipinski definition) is 1. The van der Waals surface area contributed by atoms with E-state index in [1.165, 1.54) is 0 Å². The van der Waals surface area contributed by atoms with Gasteiger partial charge in [-0.1, -0.05) is 0 Å². The van der Waals surface area contributed by atoms with E-state index in [-0.39, 0.29) is 12.1 Å². The molecular weight excluding hydrogens is 252 g/mol. The zero-order valence-electron chi connectivity index (χ0n) is 12.5. The van der Waals surface area contributed by atoms with E-state index in [2.05, 4.69) is 35.4 Å². The third kappa shape index (κ3) is 3.50. The minimum absolute atomic E-state index is 0.101. The third-order valence-corrected chi connectivity index (χ3v) is 2.97. The van der Waals surface area contributed by atoms with Crippen LogP contribution < -0.4 is 10.1 Å². The Bertz CT molecular complexity index is 550. The van der Waals surface area contributed by atoms with Crippen LogP contribution in [0.1, 0.15) is 39.3 Å². The summed E-state index contributed by atoms with van der Waals surface area (Å²) in [6.45, 7) is 9.04. The second-order valence-electron chi connectivity index (χ2n) is 5.02. The van der Waals surface area contributed by atoms with Gasteiger partial charge in [0, 0.05) is 24.5 Å². The summed E-state index contributed by atoms with van der Waals surface area (Å²) in [7, 11) is 0. The summed E-state index contributed by atoms with van der Waals surface area (Å²) < 4.78 is 7.63. The lowest BCUT2D eigenvalue weighted by Crippen LogP contribution is -2.12.